The highest BCUT2D eigenvalue weighted by Gasteiger charge is 2.28. The normalized spacial score (nSPS) is 13.0. The third-order valence-electron chi connectivity index (χ3n) is 6.04. The number of rotatable bonds is 17. The van der Waals surface area contributed by atoms with Crippen molar-refractivity contribution in [3.8, 4) is 0 Å². The van der Waals surface area contributed by atoms with Crippen LogP contribution < -0.4 is 16.0 Å². The molecule has 2 aromatic rings. The van der Waals surface area contributed by atoms with Gasteiger partial charge in [0.05, 0.1) is 12.5 Å². The van der Waals surface area contributed by atoms with E-state index in [1.807, 2.05) is 36.4 Å². The minimum atomic E-state index is -1.19. The molecule has 0 saturated carbocycles. The molecule has 0 spiro atoms. The van der Waals surface area contributed by atoms with Crippen molar-refractivity contribution < 1.29 is 29.0 Å². The Labute approximate surface area is 229 Å². The zero-order valence-electron chi connectivity index (χ0n) is 22.5. The minimum absolute atomic E-state index is 0.162. The molecule has 0 unspecified atom stereocenters. The number of carbonyl (C=O) groups is 4. The Bertz CT molecular complexity index is 1150. The Morgan fingerprint density at radius 1 is 0.974 bits per heavy atom. The first-order valence-electron chi connectivity index (χ1n) is 13.1. The fourth-order valence-electron chi connectivity index (χ4n) is 3.86. The smallest absolute Gasteiger partial charge is 0.305 e. The predicted molar refractivity (Wildman–Crippen MR) is 152 cm³/mol. The van der Waals surface area contributed by atoms with Gasteiger partial charge in [-0.05, 0) is 55.5 Å². The number of carbonyl (C=O) groups excluding carboxylic acids is 4. The first-order valence-corrected chi connectivity index (χ1v) is 13.1. The molecular weight excluding hydrogens is 498 g/mol. The van der Waals surface area contributed by atoms with Crippen LogP contribution in [-0.4, -0.2) is 54.1 Å². The second-order valence-electron chi connectivity index (χ2n) is 9.41. The van der Waals surface area contributed by atoms with Crippen LogP contribution in [0, 0.1) is 5.92 Å². The minimum Gasteiger partial charge on any atom is -0.463 e. The van der Waals surface area contributed by atoms with E-state index >= 15 is 0 Å². The highest BCUT2D eigenvalue weighted by Crippen LogP contribution is 2.19. The summed E-state index contributed by atoms with van der Waals surface area (Å²) in [6.45, 7) is 8.35. The fourth-order valence-corrected chi connectivity index (χ4v) is 3.86. The average molecular weight is 538 g/mol. The number of esters is 1. The molecule has 2 rings (SSSR count). The summed E-state index contributed by atoms with van der Waals surface area (Å²) in [6, 6.07) is 11.5. The topological polar surface area (TPSA) is 134 Å². The molecule has 39 heavy (non-hydrogen) atoms. The van der Waals surface area contributed by atoms with Crippen LogP contribution in [0.1, 0.15) is 45.4 Å². The van der Waals surface area contributed by atoms with Gasteiger partial charge in [-0.15, -0.1) is 13.2 Å². The number of hydrogen-bond donors (Lipinski definition) is 4. The highest BCUT2D eigenvalue weighted by molar-refractivity contribution is 5.99. The highest BCUT2D eigenvalue weighted by atomic mass is 16.5. The molecular formula is C30H39N3O6. The zero-order chi connectivity index (χ0) is 28.6. The summed E-state index contributed by atoms with van der Waals surface area (Å²) in [5.74, 6) is -2.81. The maximum absolute atomic E-state index is 13.2. The van der Waals surface area contributed by atoms with Gasteiger partial charge in [-0.2, -0.15) is 0 Å². The van der Waals surface area contributed by atoms with Crippen molar-refractivity contribution in [2.24, 2.45) is 5.92 Å². The number of benzene rings is 2. The third-order valence-corrected chi connectivity index (χ3v) is 6.04. The van der Waals surface area contributed by atoms with Gasteiger partial charge in [-0.25, -0.2) is 0 Å². The van der Waals surface area contributed by atoms with Gasteiger partial charge in [0, 0.05) is 24.6 Å². The van der Waals surface area contributed by atoms with E-state index in [2.05, 4.69) is 29.1 Å². The lowest BCUT2D eigenvalue weighted by Crippen LogP contribution is -2.49. The molecule has 0 aromatic heterocycles. The number of hydrogen-bond acceptors (Lipinski definition) is 6. The number of allylic oxidation sites excluding steroid dienone is 2. The van der Waals surface area contributed by atoms with Crippen LogP contribution in [0.4, 0.5) is 5.69 Å². The molecule has 0 fully saturated rings. The Morgan fingerprint density at radius 2 is 1.72 bits per heavy atom. The molecule has 3 amide bonds. The van der Waals surface area contributed by atoms with Crippen molar-refractivity contribution in [2.75, 3.05) is 18.5 Å². The second kappa shape index (κ2) is 16.8. The summed E-state index contributed by atoms with van der Waals surface area (Å²) in [4.78, 5) is 51.0. The Hall–Kier alpha value is -3.98. The van der Waals surface area contributed by atoms with E-state index in [-0.39, 0.29) is 32.5 Å². The maximum atomic E-state index is 13.2. The second-order valence-corrected chi connectivity index (χ2v) is 9.41. The van der Waals surface area contributed by atoms with Crippen molar-refractivity contribution in [1.29, 1.82) is 0 Å². The molecule has 2 aromatic carbocycles. The number of unbranched alkanes of at least 4 members (excludes halogenated alkanes) is 2. The first kappa shape index (κ1) is 31.2. The summed E-state index contributed by atoms with van der Waals surface area (Å²) in [5.41, 5.74) is 0.522. The fraction of sp³-hybridized carbons (Fsp3) is 0.400. The zero-order valence-corrected chi connectivity index (χ0v) is 22.5. The number of ether oxygens (including phenoxy) is 1. The molecule has 0 radical (unpaired) electrons. The van der Waals surface area contributed by atoms with Gasteiger partial charge in [-0.3, -0.25) is 19.2 Å². The quantitative estimate of drug-likeness (QED) is 0.138. The molecule has 9 heteroatoms. The number of aliphatic hydroxyl groups is 1. The van der Waals surface area contributed by atoms with E-state index in [4.69, 9.17) is 4.74 Å². The van der Waals surface area contributed by atoms with Crippen LogP contribution in [0.25, 0.3) is 10.8 Å². The van der Waals surface area contributed by atoms with Gasteiger partial charge in [0.1, 0.15) is 12.6 Å². The van der Waals surface area contributed by atoms with Crippen molar-refractivity contribution in [2.45, 2.75) is 57.5 Å². The van der Waals surface area contributed by atoms with Gasteiger partial charge in [0.15, 0.2) is 0 Å². The number of nitrogens with one attached hydrogen (secondary N) is 3. The van der Waals surface area contributed by atoms with Crippen LogP contribution in [0.5, 0.6) is 0 Å². The summed E-state index contributed by atoms with van der Waals surface area (Å²) in [6.07, 6.45) is 5.70. The molecule has 0 aliphatic carbocycles. The van der Waals surface area contributed by atoms with E-state index in [1.54, 1.807) is 19.1 Å². The van der Waals surface area contributed by atoms with Crippen molar-refractivity contribution in [3.05, 3.63) is 67.8 Å². The third kappa shape index (κ3) is 11.1. The summed E-state index contributed by atoms with van der Waals surface area (Å²) >= 11 is 0. The summed E-state index contributed by atoms with van der Waals surface area (Å²) in [7, 11) is 0. The van der Waals surface area contributed by atoms with Crippen LogP contribution in [-0.2, 0) is 23.9 Å². The average Bonchev–Trinajstić information content (AvgIpc) is 2.92. The van der Waals surface area contributed by atoms with E-state index in [1.165, 1.54) is 6.08 Å². The van der Waals surface area contributed by atoms with Crippen molar-refractivity contribution in [3.63, 3.8) is 0 Å². The van der Waals surface area contributed by atoms with Gasteiger partial charge in [-0.1, -0.05) is 42.5 Å². The molecule has 0 heterocycles. The predicted octanol–water partition coefficient (Wildman–Crippen LogP) is 3.63. The molecule has 210 valence electrons. The van der Waals surface area contributed by atoms with Crippen LogP contribution >= 0.6 is 0 Å². The van der Waals surface area contributed by atoms with Gasteiger partial charge >= 0.3 is 5.97 Å². The molecule has 0 aliphatic rings. The largest absolute Gasteiger partial charge is 0.463 e. The van der Waals surface area contributed by atoms with Crippen molar-refractivity contribution in [1.82, 2.24) is 10.6 Å². The molecule has 9 nitrogen and oxygen atoms in total. The number of amides is 3. The number of anilines is 1. The lowest BCUT2D eigenvalue weighted by atomic mass is 9.99. The molecule has 3 atom stereocenters. The monoisotopic (exact) mass is 537 g/mol. The van der Waals surface area contributed by atoms with E-state index in [0.717, 1.165) is 23.6 Å². The molecule has 0 bridgehead atoms. The molecule has 0 saturated heterocycles. The Morgan fingerprint density at radius 3 is 2.41 bits per heavy atom. The maximum Gasteiger partial charge on any atom is 0.305 e. The first-order chi connectivity index (χ1) is 18.8. The van der Waals surface area contributed by atoms with Crippen LogP contribution in [0.15, 0.2) is 67.8 Å². The lowest BCUT2D eigenvalue weighted by molar-refractivity contribution is -0.146. The van der Waals surface area contributed by atoms with Gasteiger partial charge < -0.3 is 25.8 Å². The van der Waals surface area contributed by atoms with Gasteiger partial charge in [0.2, 0.25) is 11.8 Å². The van der Waals surface area contributed by atoms with E-state index < -0.39 is 41.7 Å². The van der Waals surface area contributed by atoms with E-state index in [9.17, 15) is 24.3 Å². The Balaban J connectivity index is 2.13. The summed E-state index contributed by atoms with van der Waals surface area (Å²) in [5, 5.41) is 19.1. The SMILES string of the molecule is C=CCCCCC(=O)OC[C@H](NC(=O)[C@H](CC=C)CC(=O)N[C@@H](C)CO)C(=O)Nc1ccc2ccccc2c1. The van der Waals surface area contributed by atoms with Crippen LogP contribution in [0.3, 0.4) is 0 Å². The molecule has 0 aliphatic heterocycles. The van der Waals surface area contributed by atoms with Crippen LogP contribution in [0.2, 0.25) is 0 Å². The van der Waals surface area contributed by atoms with Gasteiger partial charge in [0.25, 0.3) is 5.91 Å². The lowest BCUT2D eigenvalue weighted by Gasteiger charge is -2.22. The van der Waals surface area contributed by atoms with E-state index in [0.29, 0.717) is 12.1 Å². The Kier molecular flexibility index (Phi) is 13.4. The standard InChI is InChI=1S/C30H39N3O6/c1-4-6-7-8-14-28(36)39-20-26(30(38)32-25-16-15-22-12-9-10-13-23(22)17-25)33-29(37)24(11-5-2)18-27(35)31-21(3)19-34/h4-5,9-10,12-13,15-17,21,24,26,34H,1-2,6-8,11,14,18-20H2,3H3,(H,31,35)(H,32,38)(H,33,37)/t21-,24+,26-/m0/s1. The van der Waals surface area contributed by atoms with Crippen molar-refractivity contribution >= 4 is 40.2 Å². The number of fused-ring (bicyclic) bond motifs is 1. The summed E-state index contributed by atoms with van der Waals surface area (Å²) < 4.78 is 5.33. The molecule has 4 N–H and O–H groups in total. The number of aliphatic hydroxyl groups excluding tert-OH is 1.